The van der Waals surface area contributed by atoms with Gasteiger partial charge in [0, 0.05) is 24.0 Å². The average molecular weight is 1060 g/mol. The number of amides is 2. The molecule has 0 bridgehead atoms. The summed E-state index contributed by atoms with van der Waals surface area (Å²) in [6.07, 6.45) is 9.45. The molecule has 79 heavy (non-hydrogen) atoms. The van der Waals surface area contributed by atoms with E-state index in [2.05, 4.69) is 112 Å². The first kappa shape index (κ1) is 70.6. The molecule has 0 unspecified atom stereocenters. The van der Waals surface area contributed by atoms with Gasteiger partial charge in [0.15, 0.2) is 11.5 Å². The molecule has 2 amide bonds. The van der Waals surface area contributed by atoms with Crippen molar-refractivity contribution in [1.82, 2.24) is 15.3 Å². The van der Waals surface area contributed by atoms with Crippen LogP contribution in [0, 0.1) is 0 Å². The monoisotopic (exact) mass is 1060 g/mol. The largest absolute Gasteiger partial charge is 0.454 e. The van der Waals surface area contributed by atoms with Crippen molar-refractivity contribution in [3.63, 3.8) is 0 Å². The zero-order valence-electron chi connectivity index (χ0n) is 49.9. The van der Waals surface area contributed by atoms with Crippen LogP contribution in [0.5, 0.6) is 11.5 Å². The average Bonchev–Trinajstić information content (AvgIpc) is 4.33. The molecule has 1 aliphatic carbocycles. The summed E-state index contributed by atoms with van der Waals surface area (Å²) in [5.74, 6) is 1.09. The number of carbonyl (C=O) groups is 2. The Morgan fingerprint density at radius 1 is 0.342 bits per heavy atom. The van der Waals surface area contributed by atoms with E-state index in [1.165, 1.54) is 46.2 Å². The number of pyridine rings is 2. The Labute approximate surface area is 476 Å². The second kappa shape index (κ2) is 48.0. The predicted octanol–water partition coefficient (Wildman–Crippen LogP) is 20.3. The third-order valence-electron chi connectivity index (χ3n) is 10.3. The topological polar surface area (TPSA) is 90.4 Å². The molecule has 13 rings (SSSR count). The smallest absolute Gasteiger partial charge is 0.258 e. The van der Waals surface area contributed by atoms with E-state index >= 15 is 0 Å². The van der Waals surface area contributed by atoms with Crippen molar-refractivity contribution in [3.8, 4) is 11.5 Å². The molecular weight excluding hydrogens is 971 g/mol. The Bertz CT molecular complexity index is 2530. The van der Waals surface area contributed by atoms with Crippen molar-refractivity contribution in [2.75, 3.05) is 6.79 Å². The van der Waals surface area contributed by atoms with Gasteiger partial charge in [0.25, 0.3) is 11.8 Å². The molecule has 0 atom stereocenters. The Hall–Kier alpha value is -8.42. The summed E-state index contributed by atoms with van der Waals surface area (Å²) in [7, 11) is 0. The van der Waals surface area contributed by atoms with Crippen LogP contribution < -0.4 is 14.8 Å². The summed E-state index contributed by atoms with van der Waals surface area (Å²) in [4.78, 5) is 30.1. The van der Waals surface area contributed by atoms with Gasteiger partial charge in [-0.2, -0.15) is 0 Å². The highest BCUT2D eigenvalue weighted by Gasteiger charge is 2.25. The van der Waals surface area contributed by atoms with Gasteiger partial charge in [0.05, 0.1) is 16.6 Å². The molecular formula is C72H91N3O4. The maximum atomic E-state index is 10.9. The standard InChI is InChI=1S/C10H8.2C9H7N.C9H10.C8H5NO2.C7H6O2.C6H6.7C2H6/c1-2-6-10-8-4-3-7-9(10)5-1;1-2-6-9-8(4-1)5-3-7-10-9;1-2-4-9-7-10-6-5-8(9)3-1;1-2-5-9-7-3-6-8(9)4-1;10-7-5-3-1-2-4-6(5)8(11)9-7;1-2-4-7-6(3-1)8-5-9-7;1-2-4-6-5-3-1;7*1-2/h1-8H;2*1-7H;1-2,4-5H,3,6-7H2;1-4H,(H,9,10,11);1-4H,5H2;1-6H;7*1-2H3. The van der Waals surface area contributed by atoms with E-state index in [1.54, 1.807) is 35.4 Å². The number of fused-ring (bicyclic) bond motifs is 6. The zero-order chi connectivity index (χ0) is 58.7. The molecule has 4 heterocycles. The Morgan fingerprint density at radius 2 is 0.684 bits per heavy atom. The Balaban J connectivity index is 0.000000869. The van der Waals surface area contributed by atoms with Gasteiger partial charge >= 0.3 is 0 Å². The second-order valence-electron chi connectivity index (χ2n) is 14.7. The first-order valence-electron chi connectivity index (χ1n) is 28.5. The molecule has 7 heteroatoms. The number of nitrogens with zero attached hydrogens (tertiary/aromatic N) is 2. The van der Waals surface area contributed by atoms with Crippen LogP contribution in [0.15, 0.2) is 243 Å². The summed E-state index contributed by atoms with van der Waals surface area (Å²) in [5, 5.41) is 8.47. The van der Waals surface area contributed by atoms with E-state index in [0.717, 1.165) is 17.0 Å². The predicted molar refractivity (Wildman–Crippen MR) is 343 cm³/mol. The number of carbonyl (C=O) groups excluding carboxylic acids is 2. The minimum Gasteiger partial charge on any atom is -0.454 e. The molecule has 10 aromatic rings. The molecule has 8 aromatic carbocycles. The highest BCUT2D eigenvalue weighted by Crippen LogP contribution is 2.30. The quantitative estimate of drug-likeness (QED) is 0.152. The van der Waals surface area contributed by atoms with Gasteiger partial charge in [-0.15, -0.1) is 0 Å². The number of hydrogen-bond acceptors (Lipinski definition) is 6. The van der Waals surface area contributed by atoms with Crippen LogP contribution in [0.1, 0.15) is 135 Å². The van der Waals surface area contributed by atoms with E-state index in [9.17, 15) is 9.59 Å². The first-order chi connectivity index (χ1) is 39.1. The molecule has 3 aliphatic rings. The van der Waals surface area contributed by atoms with Crippen LogP contribution in [0.25, 0.3) is 32.4 Å². The molecule has 2 aromatic heterocycles. The minimum absolute atomic E-state index is 0.300. The first-order valence-corrected chi connectivity index (χ1v) is 28.5. The van der Waals surface area contributed by atoms with E-state index in [1.807, 2.05) is 219 Å². The van der Waals surface area contributed by atoms with E-state index in [-0.39, 0.29) is 11.8 Å². The summed E-state index contributed by atoms with van der Waals surface area (Å²) in [5.41, 5.74) is 5.13. The molecule has 0 saturated carbocycles. The van der Waals surface area contributed by atoms with Gasteiger partial charge in [-0.25, -0.2) is 0 Å². The van der Waals surface area contributed by atoms with Crippen molar-refractivity contribution in [3.05, 3.63) is 265 Å². The summed E-state index contributed by atoms with van der Waals surface area (Å²) in [6, 6.07) is 74.1. The van der Waals surface area contributed by atoms with E-state index < -0.39 is 0 Å². The van der Waals surface area contributed by atoms with Crippen molar-refractivity contribution in [2.24, 2.45) is 0 Å². The van der Waals surface area contributed by atoms with Crippen LogP contribution >= 0.6 is 0 Å². The summed E-state index contributed by atoms with van der Waals surface area (Å²) >= 11 is 0. The molecule has 0 fully saturated rings. The number of ether oxygens (including phenoxy) is 2. The van der Waals surface area contributed by atoms with Gasteiger partial charge in [-0.1, -0.05) is 279 Å². The molecule has 2 aliphatic heterocycles. The highest BCUT2D eigenvalue weighted by atomic mass is 16.7. The third kappa shape index (κ3) is 27.0. The highest BCUT2D eigenvalue weighted by molar-refractivity contribution is 6.21. The molecule has 418 valence electrons. The van der Waals surface area contributed by atoms with Crippen LogP contribution in [0.2, 0.25) is 0 Å². The summed E-state index contributed by atoms with van der Waals surface area (Å²) in [6.45, 7) is 28.4. The minimum atomic E-state index is -0.300. The molecule has 7 nitrogen and oxygen atoms in total. The zero-order valence-corrected chi connectivity index (χ0v) is 49.9. The Kier molecular flexibility index (Phi) is 42.9. The number of nitrogens with one attached hydrogen (secondary N) is 1. The number of imide groups is 1. The lowest BCUT2D eigenvalue weighted by Gasteiger charge is -1.93. The van der Waals surface area contributed by atoms with E-state index in [0.29, 0.717) is 17.9 Å². The van der Waals surface area contributed by atoms with Gasteiger partial charge in [-0.05, 0) is 94.4 Å². The van der Waals surface area contributed by atoms with Crippen molar-refractivity contribution < 1.29 is 19.1 Å². The Morgan fingerprint density at radius 3 is 1.10 bits per heavy atom. The number of para-hydroxylation sites is 3. The maximum absolute atomic E-state index is 10.9. The lowest BCUT2D eigenvalue weighted by atomic mass is 10.1. The van der Waals surface area contributed by atoms with Gasteiger partial charge in [0.2, 0.25) is 6.79 Å². The number of rotatable bonds is 0. The van der Waals surface area contributed by atoms with Crippen LogP contribution in [0.4, 0.5) is 0 Å². The number of hydrogen-bond donors (Lipinski definition) is 1. The van der Waals surface area contributed by atoms with Crippen molar-refractivity contribution in [1.29, 1.82) is 0 Å². The van der Waals surface area contributed by atoms with Gasteiger partial charge < -0.3 is 9.47 Å². The second-order valence-corrected chi connectivity index (χ2v) is 14.7. The number of aromatic nitrogens is 2. The van der Waals surface area contributed by atoms with Gasteiger partial charge in [0.1, 0.15) is 0 Å². The summed E-state index contributed by atoms with van der Waals surface area (Å²) < 4.78 is 10.2. The van der Waals surface area contributed by atoms with Crippen LogP contribution in [-0.2, 0) is 12.8 Å². The maximum Gasteiger partial charge on any atom is 0.258 e. The lowest BCUT2D eigenvalue weighted by Crippen LogP contribution is -2.19. The molecule has 1 N–H and O–H groups in total. The molecule has 0 saturated heterocycles. The lowest BCUT2D eigenvalue weighted by molar-refractivity contribution is 0.0879. The van der Waals surface area contributed by atoms with E-state index in [4.69, 9.17) is 9.47 Å². The number of benzene rings is 8. The van der Waals surface area contributed by atoms with Crippen molar-refractivity contribution in [2.45, 2.75) is 116 Å². The fourth-order valence-corrected chi connectivity index (χ4v) is 7.04. The van der Waals surface area contributed by atoms with Crippen molar-refractivity contribution >= 4 is 44.3 Å². The van der Waals surface area contributed by atoms with Gasteiger partial charge in [-0.3, -0.25) is 24.9 Å². The molecule has 0 radical (unpaired) electrons. The third-order valence-corrected chi connectivity index (χ3v) is 10.3. The SMILES string of the molecule is CC.CC.CC.CC.CC.CC.CC.O=C1NC(=O)c2ccccc21.c1ccc2c(c1)CCC2.c1ccc2c(c1)OCO2.c1ccc2ccccc2c1.c1ccc2cnccc2c1.c1ccc2ncccc2c1.c1ccccc1. The fraction of sp³-hybridized carbons (Fsp3) is 0.250. The van der Waals surface area contributed by atoms with Crippen LogP contribution in [-0.4, -0.2) is 28.6 Å². The van der Waals surface area contributed by atoms with Crippen LogP contribution in [0.3, 0.4) is 0 Å². The fourth-order valence-electron chi connectivity index (χ4n) is 7.04. The molecule has 0 spiro atoms. The number of aryl methyl sites for hydroxylation is 2. The normalized spacial score (nSPS) is 10.3.